The van der Waals surface area contributed by atoms with Crippen LogP contribution < -0.4 is 15.4 Å². The van der Waals surface area contributed by atoms with Crippen LogP contribution in [0.3, 0.4) is 0 Å². The summed E-state index contributed by atoms with van der Waals surface area (Å²) in [7, 11) is 1.60. The third-order valence-corrected chi connectivity index (χ3v) is 4.21. The smallest absolute Gasteiger partial charge is 0.240 e. The summed E-state index contributed by atoms with van der Waals surface area (Å²) >= 11 is 1.22. The maximum Gasteiger partial charge on any atom is 0.240 e. The monoisotopic (exact) mass is 348 g/mol. The van der Waals surface area contributed by atoms with Gasteiger partial charge in [0.25, 0.3) is 0 Å². The van der Waals surface area contributed by atoms with E-state index in [0.717, 1.165) is 17.0 Å². The fraction of sp³-hybridized carbons (Fsp3) is 0.375. The molecule has 1 aliphatic rings. The number of hydrogen-bond acceptors (Lipinski definition) is 6. The highest BCUT2D eigenvalue weighted by Crippen LogP contribution is 2.22. The molecule has 1 aromatic rings. The number of carbonyl (C=O) groups is 2. The molecule has 1 aliphatic heterocycles. The first-order valence-corrected chi connectivity index (χ1v) is 8.32. The van der Waals surface area contributed by atoms with Gasteiger partial charge in [0.2, 0.25) is 11.8 Å². The van der Waals surface area contributed by atoms with Crippen molar-refractivity contribution < 1.29 is 14.3 Å². The van der Waals surface area contributed by atoms with Crippen LogP contribution in [0.1, 0.15) is 25.8 Å². The van der Waals surface area contributed by atoms with Gasteiger partial charge in [-0.05, 0) is 31.5 Å². The zero-order valence-electron chi connectivity index (χ0n) is 13.8. The molecule has 0 aromatic heterocycles. The minimum Gasteiger partial charge on any atom is -0.497 e. The van der Waals surface area contributed by atoms with Crippen LogP contribution in [-0.4, -0.2) is 35.1 Å². The maximum absolute atomic E-state index is 12.0. The van der Waals surface area contributed by atoms with Gasteiger partial charge in [-0.2, -0.15) is 5.10 Å². The number of thioether (sulfide) groups is 1. The van der Waals surface area contributed by atoms with E-state index >= 15 is 0 Å². The van der Waals surface area contributed by atoms with Crippen LogP contribution in [0.4, 0.5) is 0 Å². The zero-order chi connectivity index (χ0) is 17.5. The molecule has 1 heterocycles. The lowest BCUT2D eigenvalue weighted by atomic mass is 10.2. The van der Waals surface area contributed by atoms with E-state index in [1.165, 1.54) is 11.8 Å². The Labute approximate surface area is 144 Å². The summed E-state index contributed by atoms with van der Waals surface area (Å²) in [5, 5.41) is 13.2. The third-order valence-electron chi connectivity index (χ3n) is 3.14. The van der Waals surface area contributed by atoms with Gasteiger partial charge in [0.1, 0.15) is 11.0 Å². The molecule has 0 radical (unpaired) electrons. The van der Waals surface area contributed by atoms with Crippen molar-refractivity contribution in [2.75, 3.05) is 7.11 Å². The molecule has 1 atom stereocenters. The molecule has 7 nitrogen and oxygen atoms in total. The van der Waals surface area contributed by atoms with E-state index in [1.807, 2.05) is 38.1 Å². The molecule has 1 unspecified atom stereocenters. The molecule has 1 saturated heterocycles. The van der Waals surface area contributed by atoms with Gasteiger partial charge in [-0.3, -0.25) is 9.59 Å². The number of hydrogen-bond donors (Lipinski definition) is 2. The molecule has 8 heteroatoms. The summed E-state index contributed by atoms with van der Waals surface area (Å²) in [5.74, 6) is 0.359. The standard InChI is InChI=1S/C16H20N4O3S/c1-10(2)19-20-16-18-15(22)13(24-16)8-14(21)17-9-11-4-6-12(23-3)7-5-11/h4-7,13H,8-9H2,1-3H3,(H,17,21)(H,18,20,22). The summed E-state index contributed by atoms with van der Waals surface area (Å²) in [5.41, 5.74) is 1.75. The Kier molecular flexibility index (Phi) is 6.36. The van der Waals surface area contributed by atoms with Gasteiger partial charge in [-0.15, -0.1) is 5.10 Å². The predicted molar refractivity (Wildman–Crippen MR) is 95.2 cm³/mol. The van der Waals surface area contributed by atoms with Crippen molar-refractivity contribution in [1.82, 2.24) is 10.6 Å². The number of nitrogens with one attached hydrogen (secondary N) is 2. The van der Waals surface area contributed by atoms with E-state index in [0.29, 0.717) is 11.7 Å². The van der Waals surface area contributed by atoms with Crippen molar-refractivity contribution in [2.45, 2.75) is 32.1 Å². The summed E-state index contributed by atoms with van der Waals surface area (Å²) in [6, 6.07) is 7.43. The average molecular weight is 348 g/mol. The van der Waals surface area contributed by atoms with Crippen molar-refractivity contribution in [2.24, 2.45) is 10.2 Å². The number of amidine groups is 1. The summed E-state index contributed by atoms with van der Waals surface area (Å²) in [6.07, 6.45) is 0.0977. The van der Waals surface area contributed by atoms with Gasteiger partial charge >= 0.3 is 0 Å². The molecule has 1 fully saturated rings. The quantitative estimate of drug-likeness (QED) is 0.604. The minimum absolute atomic E-state index is 0.0977. The largest absolute Gasteiger partial charge is 0.497 e. The van der Waals surface area contributed by atoms with Gasteiger partial charge in [-0.25, -0.2) is 0 Å². The van der Waals surface area contributed by atoms with Crippen LogP contribution in [0.25, 0.3) is 0 Å². The molecule has 2 N–H and O–H groups in total. The second kappa shape index (κ2) is 8.49. The maximum atomic E-state index is 12.0. The molecule has 24 heavy (non-hydrogen) atoms. The number of nitrogens with zero attached hydrogens (tertiary/aromatic N) is 2. The van der Waals surface area contributed by atoms with Crippen molar-refractivity contribution in [3.63, 3.8) is 0 Å². The Morgan fingerprint density at radius 1 is 1.33 bits per heavy atom. The van der Waals surface area contributed by atoms with E-state index in [4.69, 9.17) is 4.74 Å². The lowest BCUT2D eigenvalue weighted by molar-refractivity contribution is -0.125. The molecule has 0 saturated carbocycles. The van der Waals surface area contributed by atoms with E-state index in [2.05, 4.69) is 20.8 Å². The lowest BCUT2D eigenvalue weighted by Crippen LogP contribution is -2.31. The van der Waals surface area contributed by atoms with Gasteiger partial charge < -0.3 is 15.4 Å². The lowest BCUT2D eigenvalue weighted by Gasteiger charge is -2.08. The number of methoxy groups -OCH3 is 1. The number of ether oxygens (including phenoxy) is 1. The van der Waals surface area contributed by atoms with Crippen molar-refractivity contribution in [3.8, 4) is 5.75 Å². The molecule has 0 aliphatic carbocycles. The molecular formula is C16H20N4O3S. The Morgan fingerprint density at radius 3 is 2.67 bits per heavy atom. The van der Waals surface area contributed by atoms with Gasteiger partial charge in [0, 0.05) is 18.7 Å². The number of amides is 2. The number of rotatable bonds is 6. The van der Waals surface area contributed by atoms with Crippen LogP contribution in [0.2, 0.25) is 0 Å². The average Bonchev–Trinajstić information content (AvgIpc) is 2.91. The fourth-order valence-electron chi connectivity index (χ4n) is 1.92. The molecule has 2 amide bonds. The second-order valence-corrected chi connectivity index (χ2v) is 6.57. The highest BCUT2D eigenvalue weighted by molar-refractivity contribution is 8.15. The highest BCUT2D eigenvalue weighted by Gasteiger charge is 2.32. The van der Waals surface area contributed by atoms with E-state index < -0.39 is 5.25 Å². The molecule has 2 rings (SSSR count). The molecule has 1 aromatic carbocycles. The second-order valence-electron chi connectivity index (χ2n) is 5.38. The van der Waals surface area contributed by atoms with Crippen molar-refractivity contribution in [3.05, 3.63) is 29.8 Å². The zero-order valence-corrected chi connectivity index (χ0v) is 14.6. The first kappa shape index (κ1) is 18.0. The summed E-state index contributed by atoms with van der Waals surface area (Å²) in [6.45, 7) is 4.04. The fourth-order valence-corrected chi connectivity index (χ4v) is 2.83. The van der Waals surface area contributed by atoms with Crippen LogP contribution in [-0.2, 0) is 16.1 Å². The summed E-state index contributed by atoms with van der Waals surface area (Å²) < 4.78 is 5.08. The van der Waals surface area contributed by atoms with Crippen molar-refractivity contribution >= 4 is 34.5 Å². The van der Waals surface area contributed by atoms with Crippen LogP contribution in [0.5, 0.6) is 5.75 Å². The topological polar surface area (TPSA) is 92.2 Å². The molecule has 128 valence electrons. The number of benzene rings is 1. The molecular weight excluding hydrogens is 328 g/mol. The predicted octanol–water partition coefficient (Wildman–Crippen LogP) is 1.68. The van der Waals surface area contributed by atoms with Crippen LogP contribution >= 0.6 is 11.8 Å². The Bertz CT molecular complexity index is 666. The van der Waals surface area contributed by atoms with E-state index in [1.54, 1.807) is 7.11 Å². The third kappa shape index (κ3) is 5.38. The normalized spacial score (nSPS) is 18.2. The Hall–Kier alpha value is -2.35. The first-order valence-electron chi connectivity index (χ1n) is 7.44. The Morgan fingerprint density at radius 2 is 2.04 bits per heavy atom. The highest BCUT2D eigenvalue weighted by atomic mass is 32.2. The van der Waals surface area contributed by atoms with Gasteiger partial charge in [0.05, 0.1) is 7.11 Å². The van der Waals surface area contributed by atoms with Crippen LogP contribution in [0, 0.1) is 0 Å². The van der Waals surface area contributed by atoms with Gasteiger partial charge in [-0.1, -0.05) is 23.9 Å². The number of carbonyl (C=O) groups excluding carboxylic acids is 2. The van der Waals surface area contributed by atoms with Crippen molar-refractivity contribution in [1.29, 1.82) is 0 Å². The van der Waals surface area contributed by atoms with Gasteiger partial charge in [0.15, 0.2) is 5.17 Å². The Balaban J connectivity index is 1.82. The van der Waals surface area contributed by atoms with E-state index in [-0.39, 0.29) is 18.2 Å². The first-order chi connectivity index (χ1) is 11.5. The minimum atomic E-state index is -0.480. The van der Waals surface area contributed by atoms with Crippen LogP contribution in [0.15, 0.2) is 34.5 Å². The SMILES string of the molecule is COc1ccc(CNC(=O)CC2S/C(=N\N=C(C)C)NC2=O)cc1. The molecule has 0 spiro atoms. The van der Waals surface area contributed by atoms with E-state index in [9.17, 15) is 9.59 Å². The summed E-state index contributed by atoms with van der Waals surface area (Å²) in [4.78, 5) is 23.9. The molecule has 0 bridgehead atoms.